The summed E-state index contributed by atoms with van der Waals surface area (Å²) in [4.78, 5) is 0. The van der Waals surface area contributed by atoms with Crippen LogP contribution in [0.1, 0.15) is 13.8 Å². The van der Waals surface area contributed by atoms with Crippen molar-refractivity contribution in [3.8, 4) is 0 Å². The summed E-state index contributed by atoms with van der Waals surface area (Å²) in [5.74, 6) is 0.662. The van der Waals surface area contributed by atoms with Gasteiger partial charge in [0.15, 0.2) is 0 Å². The van der Waals surface area contributed by atoms with E-state index in [1.54, 1.807) is 0 Å². The molecule has 0 fully saturated rings. The van der Waals surface area contributed by atoms with Gasteiger partial charge in [0.2, 0.25) is 0 Å². The number of hydrogen-bond donors (Lipinski definition) is 1. The van der Waals surface area contributed by atoms with Crippen molar-refractivity contribution in [2.24, 2.45) is 11.7 Å². The van der Waals surface area contributed by atoms with Gasteiger partial charge in [-0.1, -0.05) is 13.8 Å². The third kappa shape index (κ3) is 8.82. The van der Waals surface area contributed by atoms with Gasteiger partial charge in [0.1, 0.15) is 0 Å². The van der Waals surface area contributed by atoms with Gasteiger partial charge in [0.05, 0.1) is 0 Å². The normalized spacial score (nSPS) is 8.00. The molecule has 0 saturated heterocycles. The van der Waals surface area contributed by atoms with Crippen molar-refractivity contribution < 1.29 is 18.6 Å². The molecule has 2 heteroatoms. The fourth-order valence-electron chi connectivity index (χ4n) is 0. The summed E-state index contributed by atoms with van der Waals surface area (Å²) in [6.45, 7) is 5.00. The Morgan fingerprint density at radius 1 is 1.50 bits per heavy atom. The Labute approximate surface area is 51.2 Å². The molecule has 0 amide bonds. The van der Waals surface area contributed by atoms with Crippen LogP contribution in [0.3, 0.4) is 0 Å². The van der Waals surface area contributed by atoms with Gasteiger partial charge in [-0.3, -0.25) is 0 Å². The van der Waals surface area contributed by atoms with Crippen LogP contribution in [0.25, 0.3) is 0 Å². The van der Waals surface area contributed by atoms with Crippen LogP contribution in [-0.2, 0) is 18.6 Å². The quantitative estimate of drug-likeness (QED) is 0.544. The maximum Gasteiger partial charge on any atom is 0 e. The Hall–Kier alpha value is 0.544. The van der Waals surface area contributed by atoms with Crippen LogP contribution < -0.4 is 5.73 Å². The molecule has 0 aliphatic rings. The number of rotatable bonds is 1. The minimum Gasteiger partial charge on any atom is -0.330 e. The van der Waals surface area contributed by atoms with E-state index in [9.17, 15) is 0 Å². The molecule has 2 N–H and O–H groups in total. The van der Waals surface area contributed by atoms with E-state index < -0.39 is 0 Å². The largest absolute Gasteiger partial charge is 0.330 e. The molecule has 37 valence electrons. The van der Waals surface area contributed by atoms with E-state index in [1.807, 2.05) is 0 Å². The van der Waals surface area contributed by atoms with Gasteiger partial charge in [0.25, 0.3) is 0 Å². The van der Waals surface area contributed by atoms with E-state index in [4.69, 9.17) is 5.73 Å². The maximum atomic E-state index is 5.17. The average molecular weight is 124 g/mol. The molecular formula is C4H11NV. The molecule has 0 aliphatic carbocycles. The Morgan fingerprint density at radius 3 is 1.67 bits per heavy atom. The molecule has 0 atom stereocenters. The molecule has 0 aliphatic heterocycles. The van der Waals surface area contributed by atoms with E-state index in [0.717, 1.165) is 6.54 Å². The van der Waals surface area contributed by atoms with Crippen molar-refractivity contribution >= 4 is 0 Å². The Balaban J connectivity index is 0. The second-order valence-electron chi connectivity index (χ2n) is 1.63. The molecular weight excluding hydrogens is 113 g/mol. The van der Waals surface area contributed by atoms with Crippen molar-refractivity contribution in [1.29, 1.82) is 0 Å². The van der Waals surface area contributed by atoms with Gasteiger partial charge in [-0.15, -0.1) is 0 Å². The van der Waals surface area contributed by atoms with Gasteiger partial charge >= 0.3 is 0 Å². The minimum absolute atomic E-state index is 0. The number of hydrogen-bond acceptors (Lipinski definition) is 1. The van der Waals surface area contributed by atoms with Crippen molar-refractivity contribution in [2.75, 3.05) is 6.54 Å². The molecule has 6 heavy (non-hydrogen) atoms. The van der Waals surface area contributed by atoms with Crippen LogP contribution >= 0.6 is 0 Å². The first-order valence-corrected chi connectivity index (χ1v) is 1.97. The summed E-state index contributed by atoms with van der Waals surface area (Å²) in [5, 5.41) is 0. The van der Waals surface area contributed by atoms with E-state index in [0.29, 0.717) is 5.92 Å². The van der Waals surface area contributed by atoms with E-state index in [2.05, 4.69) is 13.8 Å². The molecule has 0 unspecified atom stereocenters. The zero-order chi connectivity index (χ0) is 4.28. The topological polar surface area (TPSA) is 26.0 Å². The average Bonchev–Trinajstić information content (AvgIpc) is 1.38. The first kappa shape index (κ1) is 9.74. The minimum atomic E-state index is 0. The van der Waals surface area contributed by atoms with Gasteiger partial charge in [-0.25, -0.2) is 0 Å². The molecule has 0 rings (SSSR count). The molecule has 0 aromatic carbocycles. The van der Waals surface area contributed by atoms with E-state index in [1.165, 1.54) is 0 Å². The van der Waals surface area contributed by atoms with Crippen molar-refractivity contribution in [3.63, 3.8) is 0 Å². The Bertz CT molecular complexity index is 21.5. The summed E-state index contributed by atoms with van der Waals surface area (Å²) in [6.07, 6.45) is 0. The first-order chi connectivity index (χ1) is 2.27. The van der Waals surface area contributed by atoms with Crippen molar-refractivity contribution in [2.45, 2.75) is 13.8 Å². The summed E-state index contributed by atoms with van der Waals surface area (Å²) >= 11 is 0. The molecule has 0 saturated carbocycles. The van der Waals surface area contributed by atoms with Crippen LogP contribution in [0.15, 0.2) is 0 Å². The summed E-state index contributed by atoms with van der Waals surface area (Å²) < 4.78 is 0. The molecule has 0 heterocycles. The molecule has 0 bridgehead atoms. The number of nitrogens with two attached hydrogens (primary N) is 1. The molecule has 1 nitrogen and oxygen atoms in total. The standard InChI is InChI=1S/C4H11N.V/c1-4(2)3-5;/h4H,3,5H2,1-2H3;. The van der Waals surface area contributed by atoms with E-state index in [-0.39, 0.29) is 18.6 Å². The summed E-state index contributed by atoms with van der Waals surface area (Å²) in [6, 6.07) is 0. The second-order valence-corrected chi connectivity index (χ2v) is 1.63. The smallest absolute Gasteiger partial charge is 0 e. The van der Waals surface area contributed by atoms with Crippen LogP contribution in [0.5, 0.6) is 0 Å². The van der Waals surface area contributed by atoms with Crippen LogP contribution in [0, 0.1) is 5.92 Å². The van der Waals surface area contributed by atoms with Crippen LogP contribution in [0.2, 0.25) is 0 Å². The van der Waals surface area contributed by atoms with Crippen LogP contribution in [0.4, 0.5) is 0 Å². The molecule has 1 radical (unpaired) electrons. The summed E-state index contributed by atoms with van der Waals surface area (Å²) in [7, 11) is 0. The van der Waals surface area contributed by atoms with Gasteiger partial charge in [0, 0.05) is 18.6 Å². The third-order valence-electron chi connectivity index (χ3n) is 0.471. The molecule has 0 spiro atoms. The fourth-order valence-corrected chi connectivity index (χ4v) is 0. The van der Waals surface area contributed by atoms with Crippen molar-refractivity contribution in [1.82, 2.24) is 0 Å². The first-order valence-electron chi connectivity index (χ1n) is 1.97. The van der Waals surface area contributed by atoms with E-state index >= 15 is 0 Å². The second kappa shape index (κ2) is 5.54. The Morgan fingerprint density at radius 2 is 1.67 bits per heavy atom. The molecule has 0 aromatic heterocycles. The monoisotopic (exact) mass is 124 g/mol. The fraction of sp³-hybridized carbons (Fsp3) is 1.00. The summed E-state index contributed by atoms with van der Waals surface area (Å²) in [5.41, 5.74) is 5.17. The molecule has 0 aromatic rings. The predicted molar refractivity (Wildman–Crippen MR) is 23.9 cm³/mol. The van der Waals surface area contributed by atoms with Gasteiger partial charge in [-0.2, -0.15) is 0 Å². The predicted octanol–water partition coefficient (Wildman–Crippen LogP) is 0.599. The van der Waals surface area contributed by atoms with Crippen molar-refractivity contribution in [3.05, 3.63) is 0 Å². The Kier molecular flexibility index (Phi) is 9.00. The third-order valence-corrected chi connectivity index (χ3v) is 0.471. The van der Waals surface area contributed by atoms with Gasteiger partial charge < -0.3 is 5.73 Å². The maximum absolute atomic E-state index is 5.17. The van der Waals surface area contributed by atoms with Gasteiger partial charge in [-0.05, 0) is 12.5 Å². The zero-order valence-corrected chi connectivity index (χ0v) is 5.71. The zero-order valence-electron chi connectivity index (χ0n) is 4.31. The SMILES string of the molecule is CC(C)CN.[V]. The van der Waals surface area contributed by atoms with Crippen LogP contribution in [-0.4, -0.2) is 6.54 Å².